The van der Waals surface area contributed by atoms with Crippen molar-refractivity contribution in [2.24, 2.45) is 5.92 Å². The number of ether oxygens (including phenoxy) is 1. The van der Waals surface area contributed by atoms with Crippen LogP contribution in [-0.2, 0) is 19.1 Å². The van der Waals surface area contributed by atoms with Crippen LogP contribution in [0.4, 0.5) is 0 Å². The average Bonchev–Trinajstić information content (AvgIpc) is 2.53. The van der Waals surface area contributed by atoms with Crippen molar-refractivity contribution in [3.8, 4) is 0 Å². The van der Waals surface area contributed by atoms with E-state index in [-0.39, 0.29) is 24.5 Å². The van der Waals surface area contributed by atoms with Gasteiger partial charge in [-0.3, -0.25) is 9.59 Å². The average molecular weight is 331 g/mol. The number of Topliss-reactive ketones (excluding diaryl/α,β-unsaturated/α-hetero) is 1. The van der Waals surface area contributed by atoms with Crippen LogP contribution >= 0.6 is 0 Å². The van der Waals surface area contributed by atoms with Crippen molar-refractivity contribution in [3.63, 3.8) is 0 Å². The smallest absolute Gasteiger partial charge is 0.339 e. The van der Waals surface area contributed by atoms with E-state index in [9.17, 15) is 14.4 Å². The summed E-state index contributed by atoms with van der Waals surface area (Å²) in [6.07, 6.45) is 3.73. The molecule has 0 spiro atoms. The van der Waals surface area contributed by atoms with Gasteiger partial charge in [-0.25, -0.2) is 4.79 Å². The summed E-state index contributed by atoms with van der Waals surface area (Å²) in [6.45, 7) is 5.04. The molecule has 1 unspecified atom stereocenters. The highest BCUT2D eigenvalue weighted by molar-refractivity contribution is 6.11. The van der Waals surface area contributed by atoms with E-state index in [0.29, 0.717) is 0 Å². The molecule has 0 aliphatic heterocycles. The van der Waals surface area contributed by atoms with Gasteiger partial charge >= 0.3 is 5.97 Å². The van der Waals surface area contributed by atoms with E-state index >= 15 is 0 Å². The van der Waals surface area contributed by atoms with Crippen LogP contribution in [-0.4, -0.2) is 30.3 Å². The molecular formula is C19H25NO4. The van der Waals surface area contributed by atoms with Crippen LogP contribution in [0.25, 0.3) is 6.08 Å². The molecule has 0 saturated carbocycles. The van der Waals surface area contributed by atoms with E-state index < -0.39 is 17.4 Å². The lowest BCUT2D eigenvalue weighted by Gasteiger charge is -2.29. The third-order valence-electron chi connectivity index (χ3n) is 3.53. The highest BCUT2D eigenvalue weighted by Gasteiger charge is 2.46. The number of rotatable bonds is 8. The molecule has 0 bridgehead atoms. The van der Waals surface area contributed by atoms with Gasteiger partial charge in [0.1, 0.15) is 0 Å². The molecular weight excluding hydrogens is 306 g/mol. The van der Waals surface area contributed by atoms with E-state index in [1.807, 2.05) is 50.3 Å². The first kappa shape index (κ1) is 19.6. The van der Waals surface area contributed by atoms with Crippen molar-refractivity contribution in [1.82, 2.24) is 5.32 Å². The second kappa shape index (κ2) is 9.01. The van der Waals surface area contributed by atoms with Gasteiger partial charge in [-0.05, 0) is 11.5 Å². The molecule has 1 aromatic carbocycles. The van der Waals surface area contributed by atoms with Crippen LogP contribution in [0.3, 0.4) is 0 Å². The molecule has 130 valence electrons. The maximum absolute atomic E-state index is 12.7. The van der Waals surface area contributed by atoms with Crippen molar-refractivity contribution in [2.45, 2.75) is 39.2 Å². The molecule has 1 aromatic rings. The minimum Gasteiger partial charge on any atom is -0.467 e. The maximum Gasteiger partial charge on any atom is 0.339 e. The Morgan fingerprint density at radius 1 is 1.21 bits per heavy atom. The monoisotopic (exact) mass is 331 g/mol. The molecule has 1 rings (SSSR count). The predicted molar refractivity (Wildman–Crippen MR) is 93.1 cm³/mol. The zero-order chi connectivity index (χ0) is 18.2. The highest BCUT2D eigenvalue weighted by atomic mass is 16.5. The Bertz CT molecular complexity index is 607. The molecule has 0 saturated heterocycles. The minimum absolute atomic E-state index is 0.0414. The summed E-state index contributed by atoms with van der Waals surface area (Å²) in [7, 11) is 1.21. The summed E-state index contributed by atoms with van der Waals surface area (Å²) in [4.78, 5) is 36.7. The third-order valence-corrected chi connectivity index (χ3v) is 3.53. The number of nitrogens with one attached hydrogen (secondary N) is 1. The van der Waals surface area contributed by atoms with Crippen LogP contribution in [0.2, 0.25) is 0 Å². The van der Waals surface area contributed by atoms with E-state index in [1.165, 1.54) is 14.0 Å². The number of esters is 1. The van der Waals surface area contributed by atoms with Gasteiger partial charge in [0, 0.05) is 19.8 Å². The summed E-state index contributed by atoms with van der Waals surface area (Å²) in [5.41, 5.74) is -0.744. The zero-order valence-electron chi connectivity index (χ0n) is 14.7. The first-order valence-electron chi connectivity index (χ1n) is 7.94. The van der Waals surface area contributed by atoms with Gasteiger partial charge in [0.15, 0.2) is 5.78 Å². The Morgan fingerprint density at radius 3 is 2.33 bits per heavy atom. The molecule has 1 N–H and O–H groups in total. The van der Waals surface area contributed by atoms with E-state index in [1.54, 1.807) is 6.08 Å². The molecule has 0 aliphatic carbocycles. The maximum atomic E-state index is 12.7. The zero-order valence-corrected chi connectivity index (χ0v) is 14.7. The number of ketones is 1. The number of amides is 1. The topological polar surface area (TPSA) is 72.5 Å². The SMILES string of the molecule is COC(=O)C(C/C=C/c1ccccc1)(NC(C)=O)C(=O)CC(C)C. The molecule has 5 heteroatoms. The van der Waals surface area contributed by atoms with Crippen molar-refractivity contribution >= 4 is 23.7 Å². The highest BCUT2D eigenvalue weighted by Crippen LogP contribution is 2.21. The fourth-order valence-electron chi connectivity index (χ4n) is 2.44. The summed E-state index contributed by atoms with van der Waals surface area (Å²) in [5.74, 6) is -1.49. The lowest BCUT2D eigenvalue weighted by Crippen LogP contribution is -2.60. The quantitative estimate of drug-likeness (QED) is 0.587. The van der Waals surface area contributed by atoms with E-state index in [0.717, 1.165) is 5.56 Å². The Labute approximate surface area is 143 Å². The molecule has 0 radical (unpaired) electrons. The molecule has 0 heterocycles. The van der Waals surface area contributed by atoms with E-state index in [2.05, 4.69) is 5.32 Å². The fourth-order valence-corrected chi connectivity index (χ4v) is 2.44. The summed E-state index contributed by atoms with van der Waals surface area (Å²) in [5, 5.41) is 2.52. The number of hydrogen-bond donors (Lipinski definition) is 1. The normalized spacial score (nSPS) is 13.5. The van der Waals surface area contributed by atoms with Gasteiger partial charge in [-0.2, -0.15) is 0 Å². The van der Waals surface area contributed by atoms with Crippen LogP contribution in [0.5, 0.6) is 0 Å². The molecule has 5 nitrogen and oxygen atoms in total. The lowest BCUT2D eigenvalue weighted by atomic mass is 9.85. The minimum atomic E-state index is -1.68. The molecule has 1 amide bonds. The standard InChI is InChI=1S/C19H25NO4/c1-14(2)13-17(22)19(18(23)24-4,20-15(3)21)12-8-11-16-9-6-5-7-10-16/h5-11,14H,12-13H2,1-4H3,(H,20,21)/b11-8+. The largest absolute Gasteiger partial charge is 0.467 e. The van der Waals surface area contributed by atoms with Gasteiger partial charge in [0.25, 0.3) is 0 Å². The van der Waals surface area contributed by atoms with Crippen LogP contribution in [0.15, 0.2) is 36.4 Å². The molecule has 24 heavy (non-hydrogen) atoms. The first-order valence-corrected chi connectivity index (χ1v) is 7.94. The Hall–Kier alpha value is -2.43. The number of carbonyl (C=O) groups excluding carboxylic acids is 3. The Kier molecular flexibility index (Phi) is 7.36. The molecule has 0 fully saturated rings. The van der Waals surface area contributed by atoms with Gasteiger partial charge in [-0.1, -0.05) is 56.3 Å². The van der Waals surface area contributed by atoms with Crippen molar-refractivity contribution in [1.29, 1.82) is 0 Å². The predicted octanol–water partition coefficient (Wildman–Crippen LogP) is 2.75. The van der Waals surface area contributed by atoms with Crippen LogP contribution in [0, 0.1) is 5.92 Å². The van der Waals surface area contributed by atoms with Gasteiger partial charge in [0.05, 0.1) is 7.11 Å². The lowest BCUT2D eigenvalue weighted by molar-refractivity contribution is -0.155. The summed E-state index contributed by atoms with van der Waals surface area (Å²) >= 11 is 0. The van der Waals surface area contributed by atoms with Crippen molar-refractivity contribution in [2.75, 3.05) is 7.11 Å². The Morgan fingerprint density at radius 2 is 1.83 bits per heavy atom. The second-order valence-corrected chi connectivity index (χ2v) is 6.12. The second-order valence-electron chi connectivity index (χ2n) is 6.12. The number of hydrogen-bond acceptors (Lipinski definition) is 4. The van der Waals surface area contributed by atoms with Crippen LogP contribution < -0.4 is 5.32 Å². The van der Waals surface area contributed by atoms with Crippen LogP contribution in [0.1, 0.15) is 39.2 Å². The number of carbonyl (C=O) groups is 3. The fraction of sp³-hybridized carbons (Fsp3) is 0.421. The summed E-state index contributed by atoms with van der Waals surface area (Å²) < 4.78 is 4.81. The molecule has 1 atom stereocenters. The van der Waals surface area contributed by atoms with Gasteiger partial charge in [-0.15, -0.1) is 0 Å². The van der Waals surface area contributed by atoms with Gasteiger partial charge < -0.3 is 10.1 Å². The third kappa shape index (κ3) is 5.33. The van der Waals surface area contributed by atoms with Crippen molar-refractivity contribution in [3.05, 3.63) is 42.0 Å². The summed E-state index contributed by atoms with van der Waals surface area (Å²) in [6, 6.07) is 9.50. The first-order chi connectivity index (χ1) is 11.3. The molecule has 0 aliphatic rings. The van der Waals surface area contributed by atoms with E-state index in [4.69, 9.17) is 4.74 Å². The molecule has 0 aromatic heterocycles. The number of methoxy groups -OCH3 is 1. The number of benzene rings is 1. The van der Waals surface area contributed by atoms with Gasteiger partial charge in [0.2, 0.25) is 11.4 Å². The van der Waals surface area contributed by atoms with Crippen molar-refractivity contribution < 1.29 is 19.1 Å². The Balaban J connectivity index is 3.13.